The Labute approximate surface area is 169 Å². The van der Waals surface area contributed by atoms with Gasteiger partial charge in [-0.05, 0) is 30.2 Å². The van der Waals surface area contributed by atoms with Gasteiger partial charge in [-0.25, -0.2) is 4.79 Å². The molecule has 2 aliphatic heterocycles. The van der Waals surface area contributed by atoms with Gasteiger partial charge in [-0.3, -0.25) is 14.5 Å². The minimum Gasteiger partial charge on any atom is -0.343 e. The van der Waals surface area contributed by atoms with Crippen molar-refractivity contribution in [3.8, 4) is 0 Å². The summed E-state index contributed by atoms with van der Waals surface area (Å²) in [6, 6.07) is 16.3. The Balaban J connectivity index is 1.53. The summed E-state index contributed by atoms with van der Waals surface area (Å²) in [6.45, 7) is 2.34. The molecule has 7 nitrogen and oxygen atoms in total. The highest BCUT2D eigenvalue weighted by Crippen LogP contribution is 2.21. The normalized spacial score (nSPS) is 17.4. The summed E-state index contributed by atoms with van der Waals surface area (Å²) >= 11 is 0. The summed E-state index contributed by atoms with van der Waals surface area (Å²) in [5.41, 5.74) is 2.13. The molecule has 2 aromatic carbocycles. The van der Waals surface area contributed by atoms with Crippen LogP contribution in [0.15, 0.2) is 54.6 Å². The third-order valence-electron chi connectivity index (χ3n) is 5.36. The number of amides is 4. The van der Waals surface area contributed by atoms with Crippen LogP contribution in [0.1, 0.15) is 34.8 Å². The molecule has 2 aliphatic rings. The molecule has 2 saturated heterocycles. The summed E-state index contributed by atoms with van der Waals surface area (Å²) in [7, 11) is 0. The van der Waals surface area contributed by atoms with Crippen LogP contribution < -0.4 is 15.5 Å². The van der Waals surface area contributed by atoms with Crippen molar-refractivity contribution in [2.24, 2.45) is 0 Å². The van der Waals surface area contributed by atoms with Crippen molar-refractivity contribution in [3.05, 3.63) is 65.7 Å². The van der Waals surface area contributed by atoms with Gasteiger partial charge in [0.2, 0.25) is 5.91 Å². The van der Waals surface area contributed by atoms with E-state index in [0.717, 1.165) is 18.5 Å². The minimum absolute atomic E-state index is 0.127. The molecule has 150 valence electrons. The second-order valence-corrected chi connectivity index (χ2v) is 7.31. The molecule has 0 aliphatic carbocycles. The number of likely N-dealkylation sites (tertiary alicyclic amines) is 1. The van der Waals surface area contributed by atoms with Crippen molar-refractivity contribution < 1.29 is 14.4 Å². The first-order valence-corrected chi connectivity index (χ1v) is 9.91. The number of nitrogens with one attached hydrogen (secondary N) is 2. The van der Waals surface area contributed by atoms with Crippen LogP contribution in [-0.2, 0) is 4.79 Å². The minimum atomic E-state index is -0.301. The summed E-state index contributed by atoms with van der Waals surface area (Å²) in [6.07, 6.45) is 1.42. The lowest BCUT2D eigenvalue weighted by Gasteiger charge is -2.25. The third-order valence-corrected chi connectivity index (χ3v) is 5.36. The Morgan fingerprint density at radius 3 is 2.59 bits per heavy atom. The Morgan fingerprint density at radius 2 is 1.90 bits per heavy atom. The van der Waals surface area contributed by atoms with Crippen LogP contribution in [0, 0.1) is 0 Å². The van der Waals surface area contributed by atoms with Gasteiger partial charge in [0.15, 0.2) is 0 Å². The number of urea groups is 1. The quantitative estimate of drug-likeness (QED) is 0.792. The molecule has 1 unspecified atom stereocenters. The van der Waals surface area contributed by atoms with E-state index in [9.17, 15) is 14.4 Å². The molecule has 0 radical (unpaired) electrons. The van der Waals surface area contributed by atoms with E-state index in [-0.39, 0.29) is 23.9 Å². The second-order valence-electron chi connectivity index (χ2n) is 7.31. The fourth-order valence-corrected chi connectivity index (χ4v) is 3.81. The maximum atomic E-state index is 13.0. The van der Waals surface area contributed by atoms with E-state index in [2.05, 4.69) is 10.6 Å². The van der Waals surface area contributed by atoms with Crippen LogP contribution in [0.25, 0.3) is 0 Å². The van der Waals surface area contributed by atoms with Crippen LogP contribution in [-0.4, -0.2) is 48.9 Å². The molecule has 2 aromatic rings. The molecule has 2 heterocycles. The first-order valence-electron chi connectivity index (χ1n) is 9.91. The number of anilines is 1. The number of benzene rings is 2. The summed E-state index contributed by atoms with van der Waals surface area (Å²) in [5.74, 6) is -0.103. The van der Waals surface area contributed by atoms with Gasteiger partial charge in [0.05, 0.1) is 6.04 Å². The Hall–Kier alpha value is -3.35. The maximum Gasteiger partial charge on any atom is 0.321 e. The highest BCUT2D eigenvalue weighted by atomic mass is 16.2. The Morgan fingerprint density at radius 1 is 1.07 bits per heavy atom. The van der Waals surface area contributed by atoms with Crippen LogP contribution in [0.5, 0.6) is 0 Å². The molecule has 7 heteroatoms. The largest absolute Gasteiger partial charge is 0.343 e. The highest BCUT2D eigenvalue weighted by Gasteiger charge is 2.26. The van der Waals surface area contributed by atoms with E-state index in [4.69, 9.17) is 0 Å². The molecule has 0 saturated carbocycles. The van der Waals surface area contributed by atoms with Gasteiger partial charge >= 0.3 is 6.03 Å². The fourth-order valence-electron chi connectivity index (χ4n) is 3.81. The van der Waals surface area contributed by atoms with E-state index in [1.165, 1.54) is 0 Å². The zero-order valence-electron chi connectivity index (χ0n) is 16.1. The summed E-state index contributed by atoms with van der Waals surface area (Å²) in [5, 5.41) is 5.84. The van der Waals surface area contributed by atoms with Crippen molar-refractivity contribution in [1.82, 2.24) is 15.5 Å². The number of hydrogen-bond acceptors (Lipinski definition) is 3. The highest BCUT2D eigenvalue weighted by molar-refractivity contribution is 5.98. The van der Waals surface area contributed by atoms with Crippen molar-refractivity contribution in [2.75, 3.05) is 31.1 Å². The smallest absolute Gasteiger partial charge is 0.321 e. The van der Waals surface area contributed by atoms with Crippen molar-refractivity contribution >= 4 is 23.5 Å². The van der Waals surface area contributed by atoms with Crippen LogP contribution in [0.2, 0.25) is 0 Å². The van der Waals surface area contributed by atoms with Gasteiger partial charge < -0.3 is 15.5 Å². The Kier molecular flexibility index (Phi) is 5.46. The first kappa shape index (κ1) is 19.0. The number of rotatable bonds is 6. The molecule has 1 atom stereocenters. The molecule has 0 bridgehead atoms. The van der Waals surface area contributed by atoms with Gasteiger partial charge in [0.1, 0.15) is 0 Å². The van der Waals surface area contributed by atoms with E-state index >= 15 is 0 Å². The lowest BCUT2D eigenvalue weighted by atomic mass is 10.1. The molecule has 2 fully saturated rings. The molecular weight excluding hydrogens is 368 g/mol. The van der Waals surface area contributed by atoms with E-state index in [1.807, 2.05) is 41.3 Å². The molecule has 2 N–H and O–H groups in total. The average molecular weight is 392 g/mol. The van der Waals surface area contributed by atoms with Gasteiger partial charge in [-0.15, -0.1) is 0 Å². The van der Waals surface area contributed by atoms with Crippen LogP contribution in [0.3, 0.4) is 0 Å². The molecule has 4 rings (SSSR count). The average Bonchev–Trinajstić information content (AvgIpc) is 3.36. The number of carbonyl (C=O) groups excluding carboxylic acids is 3. The molecule has 0 spiro atoms. The monoisotopic (exact) mass is 392 g/mol. The van der Waals surface area contributed by atoms with Crippen molar-refractivity contribution in [1.29, 1.82) is 0 Å². The second kappa shape index (κ2) is 8.34. The third kappa shape index (κ3) is 4.23. The van der Waals surface area contributed by atoms with Crippen LogP contribution in [0.4, 0.5) is 10.5 Å². The lowest BCUT2D eigenvalue weighted by molar-refractivity contribution is -0.128. The fraction of sp³-hybridized carbons (Fsp3) is 0.318. The van der Waals surface area contributed by atoms with Gasteiger partial charge in [-0.1, -0.05) is 36.4 Å². The first-order chi connectivity index (χ1) is 14.1. The Bertz CT molecular complexity index is 915. The molecular formula is C22H24N4O3. The SMILES string of the molecule is O=C(NC(CN1CCCC1=O)c1ccccc1)c1cccc(N2CCNC2=O)c1. The number of hydrogen-bond donors (Lipinski definition) is 2. The lowest BCUT2D eigenvalue weighted by Crippen LogP contribution is -2.38. The standard InChI is InChI=1S/C22H24N4O3/c27-20-10-5-12-25(20)15-19(16-6-2-1-3-7-16)24-21(28)17-8-4-9-18(14-17)26-13-11-23-22(26)29/h1-4,6-9,14,19H,5,10-13,15H2,(H,23,29)(H,24,28). The van der Waals surface area contributed by atoms with Gasteiger partial charge in [0.25, 0.3) is 5.91 Å². The van der Waals surface area contributed by atoms with E-state index < -0.39 is 0 Å². The zero-order valence-corrected chi connectivity index (χ0v) is 16.1. The van der Waals surface area contributed by atoms with Crippen LogP contribution >= 0.6 is 0 Å². The number of carbonyl (C=O) groups is 3. The van der Waals surface area contributed by atoms with Crippen molar-refractivity contribution in [3.63, 3.8) is 0 Å². The number of nitrogens with zero attached hydrogens (tertiary/aromatic N) is 2. The van der Waals surface area contributed by atoms with Gasteiger partial charge in [-0.2, -0.15) is 0 Å². The predicted molar refractivity (Wildman–Crippen MR) is 110 cm³/mol. The summed E-state index contributed by atoms with van der Waals surface area (Å²) < 4.78 is 0. The summed E-state index contributed by atoms with van der Waals surface area (Å²) in [4.78, 5) is 40.4. The molecule has 29 heavy (non-hydrogen) atoms. The molecule has 0 aromatic heterocycles. The maximum absolute atomic E-state index is 13.0. The topological polar surface area (TPSA) is 81.8 Å². The van der Waals surface area contributed by atoms with Gasteiger partial charge in [0, 0.05) is 43.9 Å². The van der Waals surface area contributed by atoms with E-state index in [1.54, 1.807) is 23.1 Å². The van der Waals surface area contributed by atoms with E-state index in [0.29, 0.717) is 37.3 Å². The van der Waals surface area contributed by atoms with Crippen molar-refractivity contribution in [2.45, 2.75) is 18.9 Å². The predicted octanol–water partition coefficient (Wildman–Crippen LogP) is 2.31. The zero-order chi connectivity index (χ0) is 20.2. The molecule has 4 amide bonds.